The van der Waals surface area contributed by atoms with Crippen LogP contribution in [-0.2, 0) is 0 Å². The maximum atomic E-state index is 10.0. The van der Waals surface area contributed by atoms with Crippen LogP contribution in [0.25, 0.3) is 0 Å². The van der Waals surface area contributed by atoms with Crippen LogP contribution in [0.2, 0.25) is 0 Å². The molecule has 84 valence electrons. The lowest BCUT2D eigenvalue weighted by molar-refractivity contribution is -0.108. The first-order valence-corrected chi connectivity index (χ1v) is 5.93. The Bertz CT molecular complexity index is 272. The average Bonchev–Trinajstić information content (AvgIpc) is 2.83. The maximum absolute atomic E-state index is 10.0. The lowest BCUT2D eigenvalue weighted by atomic mass is 9.87. The minimum Gasteiger partial charge on any atom is -0.387 e. The maximum Gasteiger partial charge on any atom is 0.0900 e. The second-order valence-electron chi connectivity index (χ2n) is 5.45. The van der Waals surface area contributed by atoms with Crippen molar-refractivity contribution in [3.8, 4) is 6.07 Å². The summed E-state index contributed by atoms with van der Waals surface area (Å²) in [7, 11) is 0. The zero-order valence-corrected chi connectivity index (χ0v) is 9.50. The van der Waals surface area contributed by atoms with Gasteiger partial charge in [0.1, 0.15) is 0 Å². The van der Waals surface area contributed by atoms with Gasteiger partial charge in [0, 0.05) is 26.1 Å². The summed E-state index contributed by atoms with van der Waals surface area (Å²) in [5.74, 6) is 0. The molecule has 1 aliphatic heterocycles. The molecule has 0 spiro atoms. The van der Waals surface area contributed by atoms with E-state index in [-0.39, 0.29) is 0 Å². The molecule has 1 saturated heterocycles. The van der Waals surface area contributed by atoms with Gasteiger partial charge in [-0.05, 0) is 24.7 Å². The lowest BCUT2D eigenvalue weighted by Crippen LogP contribution is -2.62. The first-order chi connectivity index (χ1) is 7.11. The van der Waals surface area contributed by atoms with Crippen molar-refractivity contribution in [1.82, 2.24) is 4.90 Å². The number of nitriles is 1. The van der Waals surface area contributed by atoms with Crippen molar-refractivity contribution in [2.75, 3.05) is 19.6 Å². The number of hydrogen-bond donors (Lipinski definition) is 1. The van der Waals surface area contributed by atoms with Gasteiger partial charge in [-0.25, -0.2) is 0 Å². The molecule has 0 aromatic rings. The molecule has 1 saturated carbocycles. The van der Waals surface area contributed by atoms with Gasteiger partial charge in [-0.2, -0.15) is 5.26 Å². The molecule has 3 nitrogen and oxygen atoms in total. The van der Waals surface area contributed by atoms with Gasteiger partial charge < -0.3 is 5.11 Å². The zero-order valence-electron chi connectivity index (χ0n) is 9.50. The smallest absolute Gasteiger partial charge is 0.0900 e. The van der Waals surface area contributed by atoms with Gasteiger partial charge in [0.05, 0.1) is 11.7 Å². The van der Waals surface area contributed by atoms with Crippen molar-refractivity contribution >= 4 is 0 Å². The van der Waals surface area contributed by atoms with Gasteiger partial charge in [-0.15, -0.1) is 0 Å². The molecule has 2 aliphatic rings. The number of rotatable bonds is 5. The van der Waals surface area contributed by atoms with Crippen molar-refractivity contribution in [3.05, 3.63) is 0 Å². The van der Waals surface area contributed by atoms with Gasteiger partial charge in [-0.1, -0.05) is 13.3 Å². The molecule has 0 aromatic heterocycles. The summed E-state index contributed by atoms with van der Waals surface area (Å²) < 4.78 is 0. The van der Waals surface area contributed by atoms with Crippen LogP contribution in [-0.4, -0.2) is 35.2 Å². The van der Waals surface area contributed by atoms with Crippen LogP contribution in [0.15, 0.2) is 0 Å². The summed E-state index contributed by atoms with van der Waals surface area (Å²) in [5.41, 5.74) is -0.125. The molecule has 3 heteroatoms. The van der Waals surface area contributed by atoms with E-state index >= 15 is 0 Å². The average molecular weight is 208 g/mol. The largest absolute Gasteiger partial charge is 0.387 e. The first kappa shape index (κ1) is 10.9. The van der Waals surface area contributed by atoms with Gasteiger partial charge in [0.15, 0.2) is 0 Å². The highest BCUT2D eigenvalue weighted by Crippen LogP contribution is 2.50. The first-order valence-electron chi connectivity index (χ1n) is 5.93. The molecule has 0 radical (unpaired) electrons. The lowest BCUT2D eigenvalue weighted by Gasteiger charge is -2.48. The van der Waals surface area contributed by atoms with E-state index in [1.807, 2.05) is 0 Å². The molecule has 0 aromatic carbocycles. The van der Waals surface area contributed by atoms with Crippen molar-refractivity contribution < 1.29 is 5.11 Å². The van der Waals surface area contributed by atoms with Crippen molar-refractivity contribution in [2.45, 2.75) is 44.6 Å². The fourth-order valence-electron chi connectivity index (χ4n) is 2.73. The van der Waals surface area contributed by atoms with Crippen LogP contribution in [0.5, 0.6) is 0 Å². The predicted octanol–water partition coefficient (Wildman–Crippen LogP) is 1.53. The molecular weight excluding hydrogens is 188 g/mol. The van der Waals surface area contributed by atoms with Crippen LogP contribution in [0, 0.1) is 16.7 Å². The Labute approximate surface area is 91.7 Å². The van der Waals surface area contributed by atoms with Crippen LogP contribution in [0.3, 0.4) is 0 Å². The monoisotopic (exact) mass is 208 g/mol. The summed E-state index contributed by atoms with van der Waals surface area (Å²) >= 11 is 0. The minimum atomic E-state index is -0.419. The molecule has 2 rings (SSSR count). The topological polar surface area (TPSA) is 47.3 Å². The number of likely N-dealkylation sites (tertiary alicyclic amines) is 1. The predicted molar refractivity (Wildman–Crippen MR) is 58.2 cm³/mol. The van der Waals surface area contributed by atoms with E-state index in [9.17, 15) is 5.11 Å². The zero-order chi connectivity index (χ0) is 10.9. The molecule has 0 amide bonds. The second-order valence-corrected chi connectivity index (χ2v) is 5.45. The van der Waals surface area contributed by atoms with Crippen LogP contribution in [0.4, 0.5) is 0 Å². The van der Waals surface area contributed by atoms with Crippen LogP contribution in [0.1, 0.15) is 39.0 Å². The van der Waals surface area contributed by atoms with E-state index in [0.717, 1.165) is 32.5 Å². The number of hydrogen-bond acceptors (Lipinski definition) is 3. The summed E-state index contributed by atoms with van der Waals surface area (Å²) in [4.78, 5) is 2.31. The minimum absolute atomic E-state index is 0.294. The third kappa shape index (κ3) is 2.32. The quantitative estimate of drug-likeness (QED) is 0.745. The standard InChI is InChI=1S/C12H20N2O/c1-2-3-12(15)9-14(10-12)8-11(4-5-11)6-7-13/h15H,2-6,8-10H2,1H3. The van der Waals surface area contributed by atoms with E-state index in [1.54, 1.807) is 0 Å². The molecule has 1 heterocycles. The molecule has 15 heavy (non-hydrogen) atoms. The fraction of sp³-hybridized carbons (Fsp3) is 0.917. The van der Waals surface area contributed by atoms with Crippen molar-refractivity contribution in [1.29, 1.82) is 5.26 Å². The Morgan fingerprint density at radius 2 is 2.07 bits per heavy atom. The van der Waals surface area contributed by atoms with E-state index in [4.69, 9.17) is 5.26 Å². The SMILES string of the molecule is CCCC1(O)CN(CC2(CC#N)CC2)C1. The Kier molecular flexibility index (Phi) is 2.74. The molecule has 0 atom stereocenters. The Hall–Kier alpha value is -0.590. The van der Waals surface area contributed by atoms with Crippen molar-refractivity contribution in [2.24, 2.45) is 5.41 Å². The normalized spacial score (nSPS) is 26.7. The van der Waals surface area contributed by atoms with E-state index in [2.05, 4.69) is 17.9 Å². The third-order valence-corrected chi connectivity index (χ3v) is 3.72. The van der Waals surface area contributed by atoms with Gasteiger partial charge in [0.2, 0.25) is 0 Å². The Balaban J connectivity index is 1.74. The van der Waals surface area contributed by atoms with Crippen LogP contribution >= 0.6 is 0 Å². The third-order valence-electron chi connectivity index (χ3n) is 3.72. The molecule has 1 N–H and O–H groups in total. The summed E-state index contributed by atoms with van der Waals surface area (Å²) in [6.45, 7) is 4.76. The fourth-order valence-corrected chi connectivity index (χ4v) is 2.73. The number of aliphatic hydroxyl groups is 1. The molecule has 2 fully saturated rings. The van der Waals surface area contributed by atoms with E-state index in [1.165, 1.54) is 12.8 Å². The molecule has 0 bridgehead atoms. The molecular formula is C12H20N2O. The van der Waals surface area contributed by atoms with Crippen molar-refractivity contribution in [3.63, 3.8) is 0 Å². The van der Waals surface area contributed by atoms with Gasteiger partial charge >= 0.3 is 0 Å². The summed E-state index contributed by atoms with van der Waals surface area (Å²) in [6.07, 6.45) is 5.05. The second kappa shape index (κ2) is 3.77. The summed E-state index contributed by atoms with van der Waals surface area (Å²) in [6, 6.07) is 2.28. The highest BCUT2D eigenvalue weighted by molar-refractivity contribution is 5.05. The summed E-state index contributed by atoms with van der Waals surface area (Å²) in [5, 5.41) is 18.7. The highest BCUT2D eigenvalue weighted by Gasteiger charge is 2.48. The number of β-amino-alcohol motifs (C(OH)–C–C–N with tert-alkyl or cyclic N) is 1. The van der Waals surface area contributed by atoms with Crippen LogP contribution < -0.4 is 0 Å². The highest BCUT2D eigenvalue weighted by atomic mass is 16.3. The Morgan fingerprint density at radius 1 is 1.40 bits per heavy atom. The van der Waals surface area contributed by atoms with Gasteiger partial charge in [0.25, 0.3) is 0 Å². The molecule has 1 aliphatic carbocycles. The van der Waals surface area contributed by atoms with E-state index < -0.39 is 5.60 Å². The number of nitrogens with zero attached hydrogens (tertiary/aromatic N) is 2. The molecule has 0 unspecified atom stereocenters. The van der Waals surface area contributed by atoms with E-state index in [0.29, 0.717) is 11.8 Å². The van der Waals surface area contributed by atoms with Gasteiger partial charge in [-0.3, -0.25) is 4.90 Å². The Morgan fingerprint density at radius 3 is 2.53 bits per heavy atom.